The molecule has 0 heterocycles. The fourth-order valence-electron chi connectivity index (χ4n) is 2.38. The van der Waals surface area contributed by atoms with E-state index in [1.807, 2.05) is 48.5 Å². The van der Waals surface area contributed by atoms with E-state index >= 15 is 0 Å². The number of aryl methyl sites for hydroxylation is 1. The molecule has 0 fully saturated rings. The molecule has 2 aromatic carbocycles. The minimum atomic E-state index is -0.555. The van der Waals surface area contributed by atoms with Crippen LogP contribution in [-0.4, -0.2) is 12.0 Å². The first-order valence-electron chi connectivity index (χ1n) is 8.16. The van der Waals surface area contributed by atoms with Crippen LogP contribution in [0.1, 0.15) is 44.7 Å². The highest BCUT2D eigenvalue weighted by Crippen LogP contribution is 2.26. The summed E-state index contributed by atoms with van der Waals surface area (Å²) in [6, 6.07) is 15.8. The Balaban J connectivity index is 2.02. The summed E-state index contributed by atoms with van der Waals surface area (Å²) in [5.74, 6) is 0.974. The van der Waals surface area contributed by atoms with Crippen molar-refractivity contribution in [2.75, 3.05) is 5.32 Å². The maximum absolute atomic E-state index is 12.3. The van der Waals surface area contributed by atoms with Crippen LogP contribution in [0.4, 0.5) is 5.69 Å². The number of carbonyl (C=O) groups excluding carboxylic acids is 1. The molecule has 1 N–H and O–H groups in total. The quantitative estimate of drug-likeness (QED) is 0.834. The van der Waals surface area contributed by atoms with Gasteiger partial charge in [0, 0.05) is 5.69 Å². The highest BCUT2D eigenvalue weighted by Gasteiger charge is 2.17. The van der Waals surface area contributed by atoms with E-state index in [1.165, 1.54) is 5.56 Å². The molecule has 0 spiro atoms. The summed E-state index contributed by atoms with van der Waals surface area (Å²) in [7, 11) is 0. The Morgan fingerprint density at radius 3 is 2.30 bits per heavy atom. The second-order valence-corrected chi connectivity index (χ2v) is 5.99. The number of amides is 1. The van der Waals surface area contributed by atoms with Crippen LogP contribution < -0.4 is 10.1 Å². The van der Waals surface area contributed by atoms with Gasteiger partial charge in [0.25, 0.3) is 5.91 Å². The number of para-hydroxylation sites is 1. The monoisotopic (exact) mass is 311 g/mol. The van der Waals surface area contributed by atoms with Gasteiger partial charge in [0.05, 0.1) is 0 Å². The molecule has 0 unspecified atom stereocenters. The number of hydrogen-bond donors (Lipinski definition) is 1. The summed E-state index contributed by atoms with van der Waals surface area (Å²) in [6.07, 6.45) is 0.431. The molecule has 0 radical (unpaired) electrons. The predicted octanol–water partition coefficient (Wildman–Crippen LogP) is 4.78. The molecule has 0 aliphatic heterocycles. The van der Waals surface area contributed by atoms with E-state index in [0.29, 0.717) is 5.92 Å². The Morgan fingerprint density at radius 1 is 1.04 bits per heavy atom. The molecule has 0 aromatic heterocycles. The first-order chi connectivity index (χ1) is 11.0. The van der Waals surface area contributed by atoms with Crippen LogP contribution in [0.3, 0.4) is 0 Å². The number of rotatable bonds is 6. The average molecular weight is 311 g/mol. The third-order valence-corrected chi connectivity index (χ3v) is 3.84. The van der Waals surface area contributed by atoms with Crippen LogP contribution >= 0.6 is 0 Å². The maximum atomic E-state index is 12.3. The third kappa shape index (κ3) is 4.59. The molecule has 0 saturated carbocycles. The van der Waals surface area contributed by atoms with Crippen LogP contribution in [0.25, 0.3) is 0 Å². The van der Waals surface area contributed by atoms with Gasteiger partial charge in [0.2, 0.25) is 0 Å². The number of nitrogens with one attached hydrogen (secondary N) is 1. The molecule has 0 aliphatic carbocycles. The molecule has 2 rings (SSSR count). The normalized spacial score (nSPS) is 12.0. The van der Waals surface area contributed by atoms with Gasteiger partial charge in [-0.2, -0.15) is 0 Å². The molecule has 0 saturated heterocycles. The summed E-state index contributed by atoms with van der Waals surface area (Å²) in [4.78, 5) is 12.3. The first-order valence-corrected chi connectivity index (χ1v) is 8.16. The fourth-order valence-corrected chi connectivity index (χ4v) is 2.38. The summed E-state index contributed by atoms with van der Waals surface area (Å²) in [6.45, 7) is 8.10. The number of hydrogen-bond acceptors (Lipinski definition) is 2. The summed E-state index contributed by atoms with van der Waals surface area (Å²) >= 11 is 0. The molecular formula is C20H25NO2. The number of ether oxygens (including phenoxy) is 1. The van der Waals surface area contributed by atoms with Crippen LogP contribution in [0.2, 0.25) is 0 Å². The highest BCUT2D eigenvalue weighted by atomic mass is 16.5. The van der Waals surface area contributed by atoms with Gasteiger partial charge in [-0.15, -0.1) is 0 Å². The molecule has 1 amide bonds. The maximum Gasteiger partial charge on any atom is 0.265 e. The van der Waals surface area contributed by atoms with Crippen molar-refractivity contribution in [2.45, 2.75) is 46.1 Å². The Hall–Kier alpha value is -2.29. The van der Waals surface area contributed by atoms with Gasteiger partial charge < -0.3 is 10.1 Å². The lowest BCUT2D eigenvalue weighted by molar-refractivity contribution is -0.122. The second-order valence-electron chi connectivity index (χ2n) is 5.99. The minimum absolute atomic E-state index is 0.146. The molecule has 3 heteroatoms. The lowest BCUT2D eigenvalue weighted by Crippen LogP contribution is -2.30. The molecule has 1 atom stereocenters. The highest BCUT2D eigenvalue weighted by molar-refractivity contribution is 5.94. The minimum Gasteiger partial charge on any atom is -0.481 e. The van der Waals surface area contributed by atoms with Gasteiger partial charge in [0.15, 0.2) is 6.10 Å². The average Bonchev–Trinajstić information content (AvgIpc) is 2.55. The van der Waals surface area contributed by atoms with Crippen molar-refractivity contribution in [2.24, 2.45) is 0 Å². The van der Waals surface area contributed by atoms with E-state index in [2.05, 4.69) is 26.1 Å². The van der Waals surface area contributed by atoms with E-state index in [4.69, 9.17) is 4.74 Å². The van der Waals surface area contributed by atoms with E-state index < -0.39 is 6.10 Å². The summed E-state index contributed by atoms with van der Waals surface area (Å²) in [5, 5.41) is 2.90. The van der Waals surface area contributed by atoms with Gasteiger partial charge in [-0.25, -0.2) is 0 Å². The van der Waals surface area contributed by atoms with Crippen molar-refractivity contribution in [3.63, 3.8) is 0 Å². The van der Waals surface area contributed by atoms with Gasteiger partial charge in [-0.1, -0.05) is 51.1 Å². The van der Waals surface area contributed by atoms with Crippen LogP contribution in [0.15, 0.2) is 48.5 Å². The molecule has 2 aromatic rings. The van der Waals surface area contributed by atoms with Crippen molar-refractivity contribution in [3.8, 4) is 5.75 Å². The largest absolute Gasteiger partial charge is 0.481 e. The van der Waals surface area contributed by atoms with E-state index in [-0.39, 0.29) is 5.91 Å². The van der Waals surface area contributed by atoms with E-state index in [0.717, 1.165) is 23.4 Å². The van der Waals surface area contributed by atoms with Crippen LogP contribution in [0.5, 0.6) is 5.75 Å². The fraction of sp³-hybridized carbons (Fsp3) is 0.350. The predicted molar refractivity (Wildman–Crippen MR) is 95.1 cm³/mol. The van der Waals surface area contributed by atoms with Gasteiger partial charge >= 0.3 is 0 Å². The second kappa shape index (κ2) is 7.82. The van der Waals surface area contributed by atoms with E-state index in [1.54, 1.807) is 6.92 Å². The lowest BCUT2D eigenvalue weighted by Gasteiger charge is -2.18. The molecular weight excluding hydrogens is 286 g/mol. The van der Waals surface area contributed by atoms with Crippen LogP contribution in [0, 0.1) is 0 Å². The SMILES string of the molecule is CCc1ccc(NC(=O)[C@H](C)Oc2ccccc2C(C)C)cc1. The number of carbonyl (C=O) groups is 1. The van der Waals surface area contributed by atoms with Crippen molar-refractivity contribution in [3.05, 3.63) is 59.7 Å². The zero-order valence-corrected chi connectivity index (χ0v) is 14.3. The van der Waals surface area contributed by atoms with Crippen molar-refractivity contribution >= 4 is 11.6 Å². The summed E-state index contributed by atoms with van der Waals surface area (Å²) < 4.78 is 5.87. The van der Waals surface area contributed by atoms with Gasteiger partial charge in [0.1, 0.15) is 5.75 Å². The Kier molecular flexibility index (Phi) is 5.80. The van der Waals surface area contributed by atoms with Crippen LogP contribution in [-0.2, 0) is 11.2 Å². The number of benzene rings is 2. The Labute approximate surface area is 138 Å². The topological polar surface area (TPSA) is 38.3 Å². The van der Waals surface area contributed by atoms with Crippen molar-refractivity contribution in [1.82, 2.24) is 0 Å². The smallest absolute Gasteiger partial charge is 0.265 e. The molecule has 0 bridgehead atoms. The molecule has 23 heavy (non-hydrogen) atoms. The van der Waals surface area contributed by atoms with Gasteiger partial charge in [-0.3, -0.25) is 4.79 Å². The first kappa shape index (κ1) is 17.1. The summed E-state index contributed by atoms with van der Waals surface area (Å²) in [5.41, 5.74) is 3.15. The van der Waals surface area contributed by atoms with Gasteiger partial charge in [-0.05, 0) is 48.6 Å². The van der Waals surface area contributed by atoms with E-state index in [9.17, 15) is 4.79 Å². The molecule has 0 aliphatic rings. The van der Waals surface area contributed by atoms with Crippen molar-refractivity contribution in [1.29, 1.82) is 0 Å². The zero-order chi connectivity index (χ0) is 16.8. The third-order valence-electron chi connectivity index (χ3n) is 3.84. The zero-order valence-electron chi connectivity index (χ0n) is 14.3. The Bertz CT molecular complexity index is 647. The number of anilines is 1. The molecule has 3 nitrogen and oxygen atoms in total. The Morgan fingerprint density at radius 2 is 1.70 bits per heavy atom. The lowest BCUT2D eigenvalue weighted by atomic mass is 10.0. The standard InChI is InChI=1S/C20H25NO2/c1-5-16-10-12-17(13-11-16)21-20(22)15(4)23-19-9-7-6-8-18(19)14(2)3/h6-15H,5H2,1-4H3,(H,21,22)/t15-/m0/s1. The van der Waals surface area contributed by atoms with Crippen molar-refractivity contribution < 1.29 is 9.53 Å². The molecule has 122 valence electrons.